The molecule has 1 N–H and O–H groups in total. The van der Waals surface area contributed by atoms with Crippen molar-refractivity contribution in [1.82, 2.24) is 10.3 Å². The van der Waals surface area contributed by atoms with Gasteiger partial charge in [-0.25, -0.2) is 4.39 Å². The van der Waals surface area contributed by atoms with Gasteiger partial charge in [0.25, 0.3) is 0 Å². The zero-order valence-corrected chi connectivity index (χ0v) is 12.4. The molecule has 0 aliphatic carbocycles. The van der Waals surface area contributed by atoms with Crippen molar-refractivity contribution in [1.29, 1.82) is 0 Å². The Bertz CT molecular complexity index is 586. The van der Waals surface area contributed by atoms with Gasteiger partial charge in [-0.3, -0.25) is 4.98 Å². The van der Waals surface area contributed by atoms with E-state index in [0.717, 1.165) is 12.0 Å². The maximum Gasteiger partial charge on any atom is 0.142 e. The lowest BCUT2D eigenvalue weighted by molar-refractivity contribution is 0.579. The molecule has 2 aromatic rings. The number of pyridine rings is 1. The lowest BCUT2D eigenvalue weighted by Gasteiger charge is -2.20. The van der Waals surface area contributed by atoms with Gasteiger partial charge in [-0.15, -0.1) is 0 Å². The summed E-state index contributed by atoms with van der Waals surface area (Å²) in [5, 5.41) is 3.49. The van der Waals surface area contributed by atoms with Crippen molar-refractivity contribution in [3.63, 3.8) is 0 Å². The van der Waals surface area contributed by atoms with Crippen LogP contribution in [0.3, 0.4) is 0 Å². The molecule has 0 radical (unpaired) electrons. The molecule has 20 heavy (non-hydrogen) atoms. The van der Waals surface area contributed by atoms with E-state index in [1.807, 2.05) is 25.4 Å². The number of halogens is 2. The fourth-order valence-corrected chi connectivity index (χ4v) is 2.57. The molecule has 1 aromatic heterocycles. The first kappa shape index (κ1) is 14.9. The molecule has 0 spiro atoms. The second-order valence-electron chi connectivity index (χ2n) is 4.69. The summed E-state index contributed by atoms with van der Waals surface area (Å²) in [6.45, 7) is 2.10. The third-order valence-electron chi connectivity index (χ3n) is 3.50. The van der Waals surface area contributed by atoms with Gasteiger partial charge in [0.05, 0.1) is 5.02 Å². The zero-order valence-electron chi connectivity index (χ0n) is 11.7. The second-order valence-corrected chi connectivity index (χ2v) is 5.06. The number of aryl methyl sites for hydroxylation is 1. The Labute approximate surface area is 124 Å². The number of hydrogen-bond donors (Lipinski definition) is 1. The summed E-state index contributed by atoms with van der Waals surface area (Å²) < 4.78 is 13.5. The van der Waals surface area contributed by atoms with E-state index in [4.69, 9.17) is 11.6 Å². The summed E-state index contributed by atoms with van der Waals surface area (Å²) in [5.74, 6) is -0.371. The Hall–Kier alpha value is -1.45. The molecule has 0 aliphatic heterocycles. The van der Waals surface area contributed by atoms with Crippen LogP contribution < -0.4 is 5.32 Å². The van der Waals surface area contributed by atoms with E-state index in [1.165, 1.54) is 17.2 Å². The topological polar surface area (TPSA) is 24.9 Å². The van der Waals surface area contributed by atoms with Crippen molar-refractivity contribution in [2.45, 2.75) is 25.8 Å². The second kappa shape index (κ2) is 6.82. The number of nitrogens with one attached hydrogen (secondary N) is 1. The summed E-state index contributed by atoms with van der Waals surface area (Å²) in [6.07, 6.45) is 5.22. The monoisotopic (exact) mass is 292 g/mol. The van der Waals surface area contributed by atoms with Crippen LogP contribution in [0.2, 0.25) is 5.02 Å². The number of hydrogen-bond acceptors (Lipinski definition) is 2. The Morgan fingerprint density at radius 1 is 1.30 bits per heavy atom. The van der Waals surface area contributed by atoms with Gasteiger partial charge in [0.1, 0.15) is 5.82 Å². The van der Waals surface area contributed by atoms with Gasteiger partial charge in [-0.2, -0.15) is 0 Å². The first-order valence-corrected chi connectivity index (χ1v) is 7.08. The Balaban J connectivity index is 2.31. The highest BCUT2D eigenvalue weighted by Gasteiger charge is 2.16. The molecule has 0 saturated carbocycles. The minimum Gasteiger partial charge on any atom is -0.313 e. The van der Waals surface area contributed by atoms with Crippen molar-refractivity contribution in [3.8, 4) is 0 Å². The molecule has 0 aliphatic rings. The van der Waals surface area contributed by atoms with Crippen LogP contribution in [0, 0.1) is 5.82 Å². The van der Waals surface area contributed by atoms with Crippen molar-refractivity contribution >= 4 is 11.6 Å². The molecule has 2 rings (SSSR count). The number of benzene rings is 1. The fourth-order valence-electron chi connectivity index (χ4n) is 2.37. The van der Waals surface area contributed by atoms with Crippen LogP contribution in [-0.2, 0) is 12.8 Å². The standard InChI is InChI=1S/C16H18ClFN2/c1-3-11-10-20-8-7-13(11)15(19-2)9-12-5-4-6-14(18)16(12)17/h4-8,10,15,19H,3,9H2,1-2H3. The van der Waals surface area contributed by atoms with E-state index < -0.39 is 0 Å². The average Bonchev–Trinajstić information content (AvgIpc) is 2.49. The molecule has 0 bridgehead atoms. The summed E-state index contributed by atoms with van der Waals surface area (Å²) >= 11 is 6.04. The van der Waals surface area contributed by atoms with Crippen molar-refractivity contribution in [2.75, 3.05) is 7.05 Å². The number of nitrogens with zero attached hydrogens (tertiary/aromatic N) is 1. The van der Waals surface area contributed by atoms with Crippen LogP contribution in [0.25, 0.3) is 0 Å². The zero-order chi connectivity index (χ0) is 14.5. The maximum absolute atomic E-state index is 13.5. The van der Waals surface area contributed by atoms with E-state index in [0.29, 0.717) is 6.42 Å². The first-order valence-electron chi connectivity index (χ1n) is 6.70. The summed E-state index contributed by atoms with van der Waals surface area (Å²) in [7, 11) is 1.90. The van der Waals surface area contributed by atoms with E-state index in [-0.39, 0.29) is 16.9 Å². The molecule has 1 aromatic carbocycles. The molecule has 106 valence electrons. The van der Waals surface area contributed by atoms with E-state index in [9.17, 15) is 4.39 Å². The normalized spacial score (nSPS) is 12.4. The number of rotatable bonds is 5. The predicted octanol–water partition coefficient (Wildman–Crippen LogP) is 3.94. The van der Waals surface area contributed by atoms with Gasteiger partial charge < -0.3 is 5.32 Å². The molecular weight excluding hydrogens is 275 g/mol. The Morgan fingerprint density at radius 3 is 2.80 bits per heavy atom. The van der Waals surface area contributed by atoms with Crippen LogP contribution in [0.4, 0.5) is 4.39 Å². The van der Waals surface area contributed by atoms with Crippen LogP contribution in [-0.4, -0.2) is 12.0 Å². The molecule has 0 fully saturated rings. The summed E-state index contributed by atoms with van der Waals surface area (Å²) in [4.78, 5) is 4.16. The third kappa shape index (κ3) is 3.17. The van der Waals surface area contributed by atoms with Crippen molar-refractivity contribution in [3.05, 3.63) is 64.2 Å². The molecule has 1 unspecified atom stereocenters. The van der Waals surface area contributed by atoms with Crippen LogP contribution in [0.15, 0.2) is 36.7 Å². The smallest absolute Gasteiger partial charge is 0.142 e. The first-order chi connectivity index (χ1) is 9.67. The highest BCUT2D eigenvalue weighted by Crippen LogP contribution is 2.27. The highest BCUT2D eigenvalue weighted by molar-refractivity contribution is 6.31. The van der Waals surface area contributed by atoms with Gasteiger partial charge in [0, 0.05) is 18.4 Å². The third-order valence-corrected chi connectivity index (χ3v) is 3.92. The largest absolute Gasteiger partial charge is 0.313 e. The molecule has 0 saturated heterocycles. The predicted molar refractivity (Wildman–Crippen MR) is 80.5 cm³/mol. The van der Waals surface area contributed by atoms with Crippen LogP contribution in [0.1, 0.15) is 29.7 Å². The minimum atomic E-state index is -0.371. The Kier molecular flexibility index (Phi) is 5.10. The van der Waals surface area contributed by atoms with Crippen molar-refractivity contribution < 1.29 is 4.39 Å². The lowest BCUT2D eigenvalue weighted by Crippen LogP contribution is -2.20. The summed E-state index contributed by atoms with van der Waals surface area (Å²) in [6, 6.07) is 7.03. The lowest BCUT2D eigenvalue weighted by atomic mass is 9.95. The van der Waals surface area contributed by atoms with Crippen molar-refractivity contribution in [2.24, 2.45) is 0 Å². The molecule has 2 nitrogen and oxygen atoms in total. The van der Waals surface area contributed by atoms with E-state index in [1.54, 1.807) is 12.3 Å². The quantitative estimate of drug-likeness (QED) is 0.903. The van der Waals surface area contributed by atoms with Crippen LogP contribution >= 0.6 is 11.6 Å². The SMILES string of the molecule is CCc1cnccc1C(Cc1cccc(F)c1Cl)NC. The summed E-state index contributed by atoms with van der Waals surface area (Å²) in [5.41, 5.74) is 3.19. The van der Waals surface area contributed by atoms with E-state index >= 15 is 0 Å². The molecular formula is C16H18ClFN2. The number of aromatic nitrogens is 1. The Morgan fingerprint density at radius 2 is 2.10 bits per heavy atom. The fraction of sp³-hybridized carbons (Fsp3) is 0.312. The maximum atomic E-state index is 13.5. The van der Waals surface area contributed by atoms with E-state index in [2.05, 4.69) is 17.2 Å². The van der Waals surface area contributed by atoms with Gasteiger partial charge >= 0.3 is 0 Å². The van der Waals surface area contributed by atoms with Crippen LogP contribution in [0.5, 0.6) is 0 Å². The van der Waals surface area contributed by atoms with Gasteiger partial charge in [0.2, 0.25) is 0 Å². The number of likely N-dealkylation sites (N-methyl/N-ethyl adjacent to an activating group) is 1. The molecule has 1 heterocycles. The van der Waals surface area contributed by atoms with Gasteiger partial charge in [0.15, 0.2) is 0 Å². The van der Waals surface area contributed by atoms with Gasteiger partial charge in [-0.1, -0.05) is 30.7 Å². The average molecular weight is 293 g/mol. The minimum absolute atomic E-state index is 0.0900. The highest BCUT2D eigenvalue weighted by atomic mass is 35.5. The molecule has 0 amide bonds. The molecule has 1 atom stereocenters. The van der Waals surface area contributed by atoms with Gasteiger partial charge in [-0.05, 0) is 48.7 Å². The molecule has 4 heteroatoms.